The molecule has 1 aromatic carbocycles. The van der Waals surface area contributed by atoms with Crippen molar-refractivity contribution < 1.29 is 31.5 Å². The summed E-state index contributed by atoms with van der Waals surface area (Å²) in [6, 6.07) is 2.82. The summed E-state index contributed by atoms with van der Waals surface area (Å²) in [4.78, 5) is 14.1. The zero-order valence-corrected chi connectivity index (χ0v) is 15.0. The van der Waals surface area contributed by atoms with Crippen molar-refractivity contribution in [2.75, 3.05) is 26.2 Å². The number of halogens is 4. The van der Waals surface area contributed by atoms with Gasteiger partial charge in [-0.2, -0.15) is 8.78 Å². The van der Waals surface area contributed by atoms with Gasteiger partial charge in [-0.3, -0.25) is 4.79 Å². The Labute approximate surface area is 153 Å². The molecule has 0 aliphatic rings. The van der Waals surface area contributed by atoms with Crippen molar-refractivity contribution >= 4 is 5.91 Å². The third-order valence-electron chi connectivity index (χ3n) is 3.92. The van der Waals surface area contributed by atoms with Crippen LogP contribution in [0.2, 0.25) is 0 Å². The molecule has 0 aliphatic heterocycles. The van der Waals surface area contributed by atoms with E-state index in [0.29, 0.717) is 13.1 Å². The Balaban J connectivity index is 1.94. The highest BCUT2D eigenvalue weighted by Crippen LogP contribution is 2.27. The van der Waals surface area contributed by atoms with Crippen molar-refractivity contribution in [2.24, 2.45) is 0 Å². The minimum absolute atomic E-state index is 0.0143. The first-order chi connectivity index (χ1) is 12.9. The lowest BCUT2D eigenvalue weighted by Gasteiger charge is -2.17. The van der Waals surface area contributed by atoms with Crippen LogP contribution in [0.3, 0.4) is 0 Å². The second-order valence-electron chi connectivity index (χ2n) is 5.63. The highest BCUT2D eigenvalue weighted by molar-refractivity contribution is 5.91. The van der Waals surface area contributed by atoms with Gasteiger partial charge in [0, 0.05) is 19.2 Å². The number of likely N-dealkylation sites (N-methyl/N-ethyl adjacent to an activating group) is 1. The number of rotatable bonds is 9. The number of nitrogens with one attached hydrogen (secondary N) is 1. The number of benzene rings is 1. The predicted octanol–water partition coefficient (Wildman–Crippen LogP) is 3.49. The molecule has 0 unspecified atom stereocenters. The van der Waals surface area contributed by atoms with E-state index in [2.05, 4.69) is 10.2 Å². The SMILES string of the molecule is CCN(CC)CCNC(=O)c1ccc(COc2c(F)c(F)cc(F)c2F)o1. The molecule has 0 saturated heterocycles. The summed E-state index contributed by atoms with van der Waals surface area (Å²) in [6.45, 7) is 6.35. The molecular weight excluding hydrogens is 368 g/mol. The summed E-state index contributed by atoms with van der Waals surface area (Å²) in [5.74, 6) is -8.03. The molecular formula is C18H20F4N2O3. The predicted molar refractivity (Wildman–Crippen MR) is 89.4 cm³/mol. The number of carbonyl (C=O) groups excluding carboxylic acids is 1. The fraction of sp³-hybridized carbons (Fsp3) is 0.389. The molecule has 0 bridgehead atoms. The zero-order chi connectivity index (χ0) is 20.0. The first-order valence-electron chi connectivity index (χ1n) is 8.42. The number of furan rings is 1. The van der Waals surface area contributed by atoms with E-state index in [4.69, 9.17) is 9.15 Å². The van der Waals surface area contributed by atoms with Crippen molar-refractivity contribution in [3.8, 4) is 5.75 Å². The summed E-state index contributed by atoms with van der Waals surface area (Å²) in [5, 5.41) is 2.68. The van der Waals surface area contributed by atoms with Crippen LogP contribution in [0.5, 0.6) is 5.75 Å². The van der Waals surface area contributed by atoms with Crippen LogP contribution < -0.4 is 10.1 Å². The van der Waals surface area contributed by atoms with Gasteiger partial charge in [-0.25, -0.2) is 8.78 Å². The monoisotopic (exact) mass is 388 g/mol. The molecule has 0 radical (unpaired) electrons. The molecule has 0 atom stereocenters. The van der Waals surface area contributed by atoms with Crippen LogP contribution in [-0.2, 0) is 6.61 Å². The van der Waals surface area contributed by atoms with Crippen LogP contribution in [0.15, 0.2) is 22.6 Å². The van der Waals surface area contributed by atoms with E-state index in [1.807, 2.05) is 13.8 Å². The Morgan fingerprint density at radius 2 is 1.74 bits per heavy atom. The largest absolute Gasteiger partial charge is 0.479 e. The van der Waals surface area contributed by atoms with E-state index in [1.54, 1.807) is 0 Å². The lowest BCUT2D eigenvalue weighted by atomic mass is 10.3. The van der Waals surface area contributed by atoms with Crippen molar-refractivity contribution in [2.45, 2.75) is 20.5 Å². The summed E-state index contributed by atoms with van der Waals surface area (Å²) >= 11 is 0. The fourth-order valence-electron chi connectivity index (χ4n) is 2.35. The van der Waals surface area contributed by atoms with Gasteiger partial charge >= 0.3 is 0 Å². The maximum absolute atomic E-state index is 13.5. The quantitative estimate of drug-likeness (QED) is 0.528. The van der Waals surface area contributed by atoms with Crippen LogP contribution in [0, 0.1) is 23.3 Å². The maximum atomic E-state index is 13.5. The Morgan fingerprint density at radius 3 is 2.33 bits per heavy atom. The van der Waals surface area contributed by atoms with Crippen LogP contribution in [0.4, 0.5) is 17.6 Å². The molecule has 1 amide bonds. The molecule has 27 heavy (non-hydrogen) atoms. The number of amides is 1. The lowest BCUT2D eigenvalue weighted by molar-refractivity contribution is 0.0916. The number of carbonyl (C=O) groups is 1. The average molecular weight is 388 g/mol. The number of hydrogen-bond acceptors (Lipinski definition) is 4. The van der Waals surface area contributed by atoms with Crippen LogP contribution in [0.1, 0.15) is 30.2 Å². The summed E-state index contributed by atoms with van der Waals surface area (Å²) in [5.41, 5.74) is 0. The molecule has 2 rings (SSSR count). The third kappa shape index (κ3) is 5.22. The van der Waals surface area contributed by atoms with E-state index in [-0.39, 0.29) is 17.6 Å². The summed E-state index contributed by atoms with van der Waals surface area (Å²) in [7, 11) is 0. The Hall–Kier alpha value is -2.55. The Kier molecular flexibility index (Phi) is 7.23. The number of nitrogens with zero attached hydrogens (tertiary/aromatic N) is 1. The average Bonchev–Trinajstić information content (AvgIpc) is 3.12. The molecule has 1 N–H and O–H groups in total. The highest BCUT2D eigenvalue weighted by atomic mass is 19.2. The topological polar surface area (TPSA) is 54.7 Å². The standard InChI is InChI=1S/C18H20F4N2O3/c1-3-24(4-2)8-7-23-18(25)14-6-5-11(27-14)10-26-17-15(21)12(19)9-13(20)16(17)22/h5-6,9H,3-4,7-8,10H2,1-2H3,(H,23,25). The molecule has 1 aromatic heterocycles. The zero-order valence-electron chi connectivity index (χ0n) is 15.0. The first-order valence-corrected chi connectivity index (χ1v) is 8.42. The van der Waals surface area contributed by atoms with Gasteiger partial charge in [-0.05, 0) is 25.2 Å². The molecule has 0 spiro atoms. The molecule has 1 heterocycles. The first kappa shape index (κ1) is 20.8. The molecule has 0 aliphatic carbocycles. The minimum atomic E-state index is -1.64. The molecule has 2 aromatic rings. The van der Waals surface area contributed by atoms with Gasteiger partial charge in [0.15, 0.2) is 23.1 Å². The van der Waals surface area contributed by atoms with E-state index in [0.717, 1.165) is 13.1 Å². The van der Waals surface area contributed by atoms with Gasteiger partial charge in [-0.1, -0.05) is 13.8 Å². The van der Waals surface area contributed by atoms with Gasteiger partial charge < -0.3 is 19.4 Å². The minimum Gasteiger partial charge on any atom is -0.479 e. The van der Waals surface area contributed by atoms with Crippen molar-refractivity contribution in [1.82, 2.24) is 10.2 Å². The molecule has 148 valence electrons. The van der Waals surface area contributed by atoms with E-state index in [1.165, 1.54) is 12.1 Å². The van der Waals surface area contributed by atoms with Crippen molar-refractivity contribution in [1.29, 1.82) is 0 Å². The van der Waals surface area contributed by atoms with Gasteiger partial charge in [-0.15, -0.1) is 0 Å². The van der Waals surface area contributed by atoms with E-state index >= 15 is 0 Å². The van der Waals surface area contributed by atoms with Crippen LogP contribution in [-0.4, -0.2) is 37.0 Å². The van der Waals surface area contributed by atoms with E-state index in [9.17, 15) is 22.4 Å². The van der Waals surface area contributed by atoms with Crippen molar-refractivity contribution in [3.05, 3.63) is 53.0 Å². The van der Waals surface area contributed by atoms with Crippen LogP contribution >= 0.6 is 0 Å². The molecule has 9 heteroatoms. The van der Waals surface area contributed by atoms with Gasteiger partial charge in [0.1, 0.15) is 12.4 Å². The second-order valence-corrected chi connectivity index (χ2v) is 5.63. The van der Waals surface area contributed by atoms with Crippen LogP contribution in [0.25, 0.3) is 0 Å². The third-order valence-corrected chi connectivity index (χ3v) is 3.92. The Bertz CT molecular complexity index is 765. The van der Waals surface area contributed by atoms with Gasteiger partial charge in [0.2, 0.25) is 11.6 Å². The van der Waals surface area contributed by atoms with Gasteiger partial charge in [0.05, 0.1) is 0 Å². The lowest BCUT2D eigenvalue weighted by Crippen LogP contribution is -2.34. The smallest absolute Gasteiger partial charge is 0.287 e. The second kappa shape index (κ2) is 9.40. The summed E-state index contributed by atoms with van der Waals surface area (Å²) in [6.07, 6.45) is 0. The molecule has 0 fully saturated rings. The molecule has 5 nitrogen and oxygen atoms in total. The van der Waals surface area contributed by atoms with E-state index < -0.39 is 41.5 Å². The highest BCUT2D eigenvalue weighted by Gasteiger charge is 2.21. The number of ether oxygens (including phenoxy) is 1. The maximum Gasteiger partial charge on any atom is 0.287 e. The molecule has 0 saturated carbocycles. The fourth-order valence-corrected chi connectivity index (χ4v) is 2.35. The van der Waals surface area contributed by atoms with Gasteiger partial charge in [0.25, 0.3) is 5.91 Å². The normalized spacial score (nSPS) is 11.1. The Morgan fingerprint density at radius 1 is 1.11 bits per heavy atom. The number of hydrogen-bond donors (Lipinski definition) is 1. The van der Waals surface area contributed by atoms with Crippen molar-refractivity contribution in [3.63, 3.8) is 0 Å². The summed E-state index contributed by atoms with van der Waals surface area (Å²) < 4.78 is 63.4.